The van der Waals surface area contributed by atoms with Crippen molar-refractivity contribution < 1.29 is 27.1 Å². The van der Waals surface area contributed by atoms with Crippen molar-refractivity contribution in [1.29, 1.82) is 0 Å². The summed E-state index contributed by atoms with van der Waals surface area (Å²) in [6.07, 6.45) is -3.72. The smallest absolute Gasteiger partial charge is 0.416 e. The Hall–Kier alpha value is -2.84. The molecule has 3 aromatic rings. The van der Waals surface area contributed by atoms with Crippen LogP contribution in [0.2, 0.25) is 10.0 Å². The number of rotatable bonds is 5. The Morgan fingerprint density at radius 2 is 1.77 bits per heavy atom. The minimum absolute atomic E-state index is 0.188. The number of nitrogens with zero attached hydrogens (tertiary/aromatic N) is 2. The van der Waals surface area contributed by atoms with E-state index in [0.717, 1.165) is 23.8 Å². The molecule has 4 rings (SSSR count). The quantitative estimate of drug-likeness (QED) is 0.269. The Morgan fingerprint density at radius 3 is 2.37 bits per heavy atom. The summed E-state index contributed by atoms with van der Waals surface area (Å²) in [4.78, 5) is 18.3. The Morgan fingerprint density at radius 1 is 1.06 bits per heavy atom. The van der Waals surface area contributed by atoms with Gasteiger partial charge in [0.25, 0.3) is 5.91 Å². The maximum atomic E-state index is 13.2. The first-order chi connectivity index (χ1) is 16.5. The Balaban J connectivity index is 1.58. The highest BCUT2D eigenvalue weighted by atomic mass is 35.5. The highest BCUT2D eigenvalue weighted by molar-refractivity contribution is 6.42. The van der Waals surface area contributed by atoms with Crippen molar-refractivity contribution in [2.45, 2.75) is 25.1 Å². The second-order valence-electron chi connectivity index (χ2n) is 8.37. The molecular formula is C25H20Cl2F4N2O2. The van der Waals surface area contributed by atoms with Crippen molar-refractivity contribution in [2.75, 3.05) is 13.1 Å². The SMILES string of the molecule is CC(Oc1ccc(C(F)(F)F)cc1)C1CN(C(=O)c2ccc(F)nc2)CC1c1ccc(Cl)c(Cl)c1. The molecule has 1 aliphatic rings. The normalized spacial score (nSPS) is 19.0. The van der Waals surface area contributed by atoms with Crippen LogP contribution in [-0.2, 0) is 6.18 Å². The first-order valence-electron chi connectivity index (χ1n) is 10.7. The molecular weight excluding hydrogens is 507 g/mol. The molecule has 0 radical (unpaired) electrons. The zero-order valence-corrected chi connectivity index (χ0v) is 19.9. The molecule has 0 aliphatic carbocycles. The summed E-state index contributed by atoms with van der Waals surface area (Å²) in [6.45, 7) is 2.45. The lowest BCUT2D eigenvalue weighted by atomic mass is 9.85. The van der Waals surface area contributed by atoms with Gasteiger partial charge in [0.1, 0.15) is 11.9 Å². The molecule has 0 saturated carbocycles. The van der Waals surface area contributed by atoms with E-state index in [1.165, 1.54) is 24.4 Å². The first kappa shape index (κ1) is 25.3. The number of carbonyl (C=O) groups is 1. The van der Waals surface area contributed by atoms with Gasteiger partial charge in [-0.15, -0.1) is 0 Å². The third-order valence-corrected chi connectivity index (χ3v) is 6.84. The van der Waals surface area contributed by atoms with Gasteiger partial charge in [-0.1, -0.05) is 29.3 Å². The maximum absolute atomic E-state index is 13.2. The lowest BCUT2D eigenvalue weighted by Gasteiger charge is -2.26. The highest BCUT2D eigenvalue weighted by Crippen LogP contribution is 2.39. The fraction of sp³-hybridized carbons (Fsp3) is 0.280. The lowest BCUT2D eigenvalue weighted by Crippen LogP contribution is -2.32. The van der Waals surface area contributed by atoms with Crippen LogP contribution in [0.25, 0.3) is 0 Å². The summed E-state index contributed by atoms with van der Waals surface area (Å²) in [5.74, 6) is -1.12. The van der Waals surface area contributed by atoms with Gasteiger partial charge in [0.05, 0.1) is 21.2 Å². The van der Waals surface area contributed by atoms with Gasteiger partial charge in [-0.05, 0) is 61.0 Å². The number of benzene rings is 2. The number of amides is 1. The van der Waals surface area contributed by atoms with Gasteiger partial charge in [0.2, 0.25) is 5.95 Å². The van der Waals surface area contributed by atoms with Crippen LogP contribution < -0.4 is 4.74 Å². The van der Waals surface area contributed by atoms with Crippen molar-refractivity contribution in [3.05, 3.63) is 93.5 Å². The van der Waals surface area contributed by atoms with Gasteiger partial charge in [0, 0.05) is 31.1 Å². The minimum Gasteiger partial charge on any atom is -0.490 e. The summed E-state index contributed by atoms with van der Waals surface area (Å²) in [7, 11) is 0. The van der Waals surface area contributed by atoms with Crippen LogP contribution in [0.5, 0.6) is 5.75 Å². The van der Waals surface area contributed by atoms with E-state index in [1.807, 2.05) is 6.07 Å². The predicted octanol–water partition coefficient (Wildman–Crippen LogP) is 6.87. The largest absolute Gasteiger partial charge is 0.490 e. The van der Waals surface area contributed by atoms with E-state index in [-0.39, 0.29) is 29.1 Å². The fourth-order valence-electron chi connectivity index (χ4n) is 4.28. The second-order valence-corrected chi connectivity index (χ2v) is 9.18. The minimum atomic E-state index is -4.44. The van der Waals surface area contributed by atoms with Crippen LogP contribution in [0.15, 0.2) is 60.8 Å². The van der Waals surface area contributed by atoms with Crippen LogP contribution >= 0.6 is 23.2 Å². The molecule has 1 aliphatic heterocycles. The number of hydrogen-bond acceptors (Lipinski definition) is 3. The molecule has 3 atom stereocenters. The topological polar surface area (TPSA) is 42.4 Å². The molecule has 0 spiro atoms. The summed E-state index contributed by atoms with van der Waals surface area (Å²) in [5, 5.41) is 0.760. The number of alkyl halides is 3. The first-order valence-corrected chi connectivity index (χ1v) is 11.5. The van der Waals surface area contributed by atoms with E-state index in [9.17, 15) is 22.4 Å². The van der Waals surface area contributed by atoms with Crippen LogP contribution in [0, 0.1) is 11.9 Å². The van der Waals surface area contributed by atoms with Crippen molar-refractivity contribution in [2.24, 2.45) is 5.92 Å². The molecule has 1 fully saturated rings. The van der Waals surface area contributed by atoms with Crippen molar-refractivity contribution in [3.63, 3.8) is 0 Å². The summed E-state index contributed by atoms with van der Waals surface area (Å²) < 4.78 is 57.9. The number of aromatic nitrogens is 1. The Labute approximate surface area is 209 Å². The standard InChI is InChI=1S/C25H20Cl2F4N2O2/c1-14(35-18-6-4-17(5-7-18)25(29,30)31)19-12-33(24(34)16-3-9-23(28)32-11-16)13-20(19)15-2-8-21(26)22(27)10-15/h2-11,14,19-20H,12-13H2,1H3. The van der Waals surface area contributed by atoms with E-state index >= 15 is 0 Å². The molecule has 10 heteroatoms. The van der Waals surface area contributed by atoms with E-state index < -0.39 is 23.8 Å². The number of carbonyl (C=O) groups excluding carboxylic acids is 1. The second kappa shape index (κ2) is 10.0. The molecule has 0 bridgehead atoms. The molecule has 2 aromatic carbocycles. The van der Waals surface area contributed by atoms with Crippen LogP contribution in [0.4, 0.5) is 17.6 Å². The Kier molecular flexibility index (Phi) is 7.24. The lowest BCUT2D eigenvalue weighted by molar-refractivity contribution is -0.137. The number of hydrogen-bond donors (Lipinski definition) is 0. The maximum Gasteiger partial charge on any atom is 0.416 e. The molecule has 35 heavy (non-hydrogen) atoms. The highest BCUT2D eigenvalue weighted by Gasteiger charge is 2.40. The molecule has 1 saturated heterocycles. The monoisotopic (exact) mass is 526 g/mol. The van der Waals surface area contributed by atoms with E-state index in [2.05, 4.69) is 4.98 Å². The molecule has 3 unspecified atom stereocenters. The molecule has 4 nitrogen and oxygen atoms in total. The average molecular weight is 527 g/mol. The van der Waals surface area contributed by atoms with Gasteiger partial charge in [-0.25, -0.2) is 4.98 Å². The fourth-order valence-corrected chi connectivity index (χ4v) is 4.58. The average Bonchev–Trinajstić information content (AvgIpc) is 3.26. The van der Waals surface area contributed by atoms with E-state index in [4.69, 9.17) is 27.9 Å². The van der Waals surface area contributed by atoms with Crippen molar-refractivity contribution in [3.8, 4) is 5.75 Å². The van der Waals surface area contributed by atoms with Gasteiger partial charge >= 0.3 is 6.18 Å². The van der Waals surface area contributed by atoms with Gasteiger partial charge < -0.3 is 9.64 Å². The summed E-state index contributed by atoms with van der Waals surface area (Å²) in [5.41, 5.74) is 0.327. The third-order valence-electron chi connectivity index (χ3n) is 6.11. The predicted molar refractivity (Wildman–Crippen MR) is 124 cm³/mol. The van der Waals surface area contributed by atoms with Crippen molar-refractivity contribution >= 4 is 29.1 Å². The Bertz CT molecular complexity index is 1200. The number of pyridine rings is 1. The van der Waals surface area contributed by atoms with Crippen LogP contribution in [-0.4, -0.2) is 35.0 Å². The molecule has 1 amide bonds. The zero-order valence-electron chi connectivity index (χ0n) is 18.4. The van der Waals surface area contributed by atoms with Crippen molar-refractivity contribution in [1.82, 2.24) is 9.88 Å². The molecule has 0 N–H and O–H groups in total. The third kappa shape index (κ3) is 5.70. The summed E-state index contributed by atoms with van der Waals surface area (Å²) in [6, 6.07) is 12.2. The molecule has 1 aromatic heterocycles. The van der Waals surface area contributed by atoms with Gasteiger partial charge in [-0.2, -0.15) is 17.6 Å². The van der Waals surface area contributed by atoms with Gasteiger partial charge in [0.15, 0.2) is 0 Å². The van der Waals surface area contributed by atoms with Crippen LogP contribution in [0.3, 0.4) is 0 Å². The number of halogens is 6. The summed E-state index contributed by atoms with van der Waals surface area (Å²) >= 11 is 12.3. The van der Waals surface area contributed by atoms with E-state index in [0.29, 0.717) is 23.1 Å². The van der Waals surface area contributed by atoms with Crippen LogP contribution in [0.1, 0.15) is 34.3 Å². The number of ether oxygens (including phenoxy) is 1. The molecule has 2 heterocycles. The van der Waals surface area contributed by atoms with Gasteiger partial charge in [-0.3, -0.25) is 4.79 Å². The molecule has 184 valence electrons. The zero-order chi connectivity index (χ0) is 25.3. The number of likely N-dealkylation sites (tertiary alicyclic amines) is 1. The van der Waals surface area contributed by atoms with E-state index in [1.54, 1.807) is 24.0 Å².